The first-order valence-corrected chi connectivity index (χ1v) is 10.3. The van der Waals surface area contributed by atoms with Crippen LogP contribution in [0.4, 0.5) is 22.0 Å². The third kappa shape index (κ3) is 3.80. The summed E-state index contributed by atoms with van der Waals surface area (Å²) in [6.45, 7) is 1.97. The second kappa shape index (κ2) is 7.57. The van der Waals surface area contributed by atoms with E-state index >= 15 is 0 Å². The van der Waals surface area contributed by atoms with E-state index in [9.17, 15) is 4.39 Å². The summed E-state index contributed by atoms with van der Waals surface area (Å²) in [7, 11) is 0. The van der Waals surface area contributed by atoms with Gasteiger partial charge in [0.15, 0.2) is 5.82 Å². The van der Waals surface area contributed by atoms with E-state index in [-0.39, 0.29) is 11.9 Å². The number of rotatable bonds is 6. The van der Waals surface area contributed by atoms with E-state index in [0.29, 0.717) is 34.0 Å². The molecule has 2 aromatic carbocycles. The minimum absolute atomic E-state index is 0.120. The van der Waals surface area contributed by atoms with Crippen molar-refractivity contribution < 1.29 is 4.39 Å². The van der Waals surface area contributed by atoms with Crippen molar-refractivity contribution in [3.8, 4) is 0 Å². The minimum Gasteiger partial charge on any atom is -0.348 e. The normalized spacial score (nSPS) is 14.6. The van der Waals surface area contributed by atoms with Crippen LogP contribution in [0.1, 0.15) is 43.0 Å². The van der Waals surface area contributed by atoms with E-state index in [1.54, 1.807) is 18.2 Å². The van der Waals surface area contributed by atoms with Gasteiger partial charge in [0.2, 0.25) is 5.95 Å². The average molecular weight is 423 g/mol. The average Bonchev–Trinajstić information content (AvgIpc) is 3.48. The van der Waals surface area contributed by atoms with Gasteiger partial charge in [0.1, 0.15) is 11.6 Å². The first-order valence-electron chi connectivity index (χ1n) is 9.87. The Morgan fingerprint density at radius 1 is 1.13 bits per heavy atom. The van der Waals surface area contributed by atoms with Crippen molar-refractivity contribution in [3.05, 3.63) is 70.6 Å². The lowest BCUT2D eigenvalue weighted by Crippen LogP contribution is -2.11. The number of halogens is 2. The Bertz CT molecular complexity index is 1200. The van der Waals surface area contributed by atoms with Crippen LogP contribution in [-0.2, 0) is 0 Å². The Kier molecular flexibility index (Phi) is 4.75. The second-order valence-electron chi connectivity index (χ2n) is 7.56. The van der Waals surface area contributed by atoms with E-state index < -0.39 is 0 Å². The van der Waals surface area contributed by atoms with E-state index in [1.165, 1.54) is 25.0 Å². The van der Waals surface area contributed by atoms with Crippen molar-refractivity contribution in [2.75, 3.05) is 10.6 Å². The molecule has 0 aliphatic heterocycles. The molecule has 152 valence electrons. The van der Waals surface area contributed by atoms with Crippen molar-refractivity contribution in [2.45, 2.75) is 31.7 Å². The smallest absolute Gasteiger partial charge is 0.225 e. The highest BCUT2D eigenvalue weighted by molar-refractivity contribution is 6.35. The van der Waals surface area contributed by atoms with E-state index in [1.807, 2.05) is 25.1 Å². The number of benzene rings is 2. The summed E-state index contributed by atoms with van der Waals surface area (Å²) in [5, 5.41) is 15.4. The van der Waals surface area contributed by atoms with Crippen LogP contribution in [0.5, 0.6) is 0 Å². The number of aromatic amines is 1. The summed E-state index contributed by atoms with van der Waals surface area (Å²) >= 11 is 6.42. The molecule has 30 heavy (non-hydrogen) atoms. The highest BCUT2D eigenvalue weighted by atomic mass is 35.5. The van der Waals surface area contributed by atoms with E-state index in [4.69, 9.17) is 11.6 Å². The highest BCUT2D eigenvalue weighted by Crippen LogP contribution is 2.40. The Balaban J connectivity index is 1.48. The maximum atomic E-state index is 13.2. The number of H-pyrrole nitrogens is 1. The van der Waals surface area contributed by atoms with Crippen LogP contribution >= 0.6 is 11.6 Å². The van der Waals surface area contributed by atoms with Gasteiger partial charge in [0, 0.05) is 23.1 Å². The third-order valence-corrected chi connectivity index (χ3v) is 5.56. The Morgan fingerprint density at radius 3 is 2.70 bits per heavy atom. The Hall–Kier alpha value is -3.19. The van der Waals surface area contributed by atoms with Crippen LogP contribution in [0.15, 0.2) is 48.5 Å². The van der Waals surface area contributed by atoms with Gasteiger partial charge in [-0.1, -0.05) is 29.8 Å². The van der Waals surface area contributed by atoms with Crippen molar-refractivity contribution in [2.24, 2.45) is 0 Å². The lowest BCUT2D eigenvalue weighted by molar-refractivity contribution is 0.626. The molecule has 4 aromatic rings. The van der Waals surface area contributed by atoms with Crippen molar-refractivity contribution in [3.63, 3.8) is 0 Å². The van der Waals surface area contributed by atoms with Gasteiger partial charge in [0.25, 0.3) is 0 Å². The summed E-state index contributed by atoms with van der Waals surface area (Å²) in [6, 6.07) is 13.8. The molecule has 2 heterocycles. The number of hydrogen-bond acceptors (Lipinski definition) is 5. The third-order valence-electron chi connectivity index (χ3n) is 5.25. The first-order chi connectivity index (χ1) is 14.6. The van der Waals surface area contributed by atoms with Gasteiger partial charge < -0.3 is 10.6 Å². The predicted octanol–water partition coefficient (Wildman–Crippen LogP) is 5.94. The number of anilines is 3. The maximum absolute atomic E-state index is 13.2. The number of para-hydroxylation sites is 1. The van der Waals surface area contributed by atoms with Gasteiger partial charge in [-0.25, -0.2) is 9.37 Å². The first kappa shape index (κ1) is 18.8. The summed E-state index contributed by atoms with van der Waals surface area (Å²) in [6.07, 6.45) is 2.39. The molecule has 1 aliphatic carbocycles. The molecule has 0 bridgehead atoms. The number of fused-ring (bicyclic) bond motifs is 1. The molecule has 1 saturated carbocycles. The van der Waals surface area contributed by atoms with Crippen LogP contribution < -0.4 is 10.6 Å². The molecule has 0 unspecified atom stereocenters. The van der Waals surface area contributed by atoms with Crippen LogP contribution in [0.25, 0.3) is 10.9 Å². The summed E-state index contributed by atoms with van der Waals surface area (Å²) in [5.74, 6) is 2.06. The van der Waals surface area contributed by atoms with Gasteiger partial charge >= 0.3 is 0 Å². The lowest BCUT2D eigenvalue weighted by atomic mass is 10.1. The Labute approximate surface area is 177 Å². The zero-order valence-corrected chi connectivity index (χ0v) is 17.0. The molecule has 0 radical (unpaired) electrons. The van der Waals surface area contributed by atoms with Gasteiger partial charge in [-0.2, -0.15) is 10.1 Å². The van der Waals surface area contributed by atoms with Gasteiger partial charge in [-0.05, 0) is 49.6 Å². The molecule has 8 heteroatoms. The van der Waals surface area contributed by atoms with E-state index in [0.717, 1.165) is 16.6 Å². The molecular weight excluding hydrogens is 403 g/mol. The fraction of sp³-hybridized carbons (Fsp3) is 0.227. The topological polar surface area (TPSA) is 78.5 Å². The van der Waals surface area contributed by atoms with Gasteiger partial charge in [0.05, 0.1) is 16.6 Å². The van der Waals surface area contributed by atoms with Gasteiger partial charge in [-0.3, -0.25) is 5.10 Å². The molecular formula is C22H20ClFN6. The molecule has 1 atom stereocenters. The fourth-order valence-corrected chi connectivity index (χ4v) is 3.65. The van der Waals surface area contributed by atoms with Crippen LogP contribution in [-0.4, -0.2) is 20.2 Å². The zero-order valence-electron chi connectivity index (χ0n) is 16.3. The second-order valence-corrected chi connectivity index (χ2v) is 7.96. The fourth-order valence-electron chi connectivity index (χ4n) is 3.43. The summed E-state index contributed by atoms with van der Waals surface area (Å²) < 4.78 is 13.2. The molecule has 0 spiro atoms. The SMILES string of the molecule is C[C@H](Nc1nc(Nc2cc(C3CC3)[nH]n2)c2cccc(Cl)c2n1)c1ccc(F)cc1. The molecule has 0 amide bonds. The van der Waals surface area contributed by atoms with Crippen molar-refractivity contribution in [1.82, 2.24) is 20.2 Å². The van der Waals surface area contributed by atoms with Crippen molar-refractivity contribution >= 4 is 40.1 Å². The monoisotopic (exact) mass is 422 g/mol. The summed E-state index contributed by atoms with van der Waals surface area (Å²) in [5.41, 5.74) is 2.70. The van der Waals surface area contributed by atoms with Crippen molar-refractivity contribution in [1.29, 1.82) is 0 Å². The molecule has 1 aliphatic rings. The minimum atomic E-state index is -0.268. The quantitative estimate of drug-likeness (QED) is 0.358. The number of hydrogen-bond donors (Lipinski definition) is 3. The number of nitrogens with zero attached hydrogens (tertiary/aromatic N) is 3. The maximum Gasteiger partial charge on any atom is 0.225 e. The van der Waals surface area contributed by atoms with Gasteiger partial charge in [-0.15, -0.1) is 0 Å². The zero-order chi connectivity index (χ0) is 20.7. The molecule has 5 rings (SSSR count). The van der Waals surface area contributed by atoms with E-state index in [2.05, 4.69) is 30.8 Å². The molecule has 1 fully saturated rings. The highest BCUT2D eigenvalue weighted by Gasteiger charge is 2.25. The standard InChI is InChI=1S/C22H20ClFN6/c1-12(13-7-9-15(24)10-8-13)25-22-27-20-16(3-2-4-17(20)23)21(28-22)26-19-11-18(29-30-19)14-5-6-14/h2-4,7-12,14H,5-6H2,1H3,(H3,25,26,27,28,29,30)/t12-/m0/s1. The predicted molar refractivity (Wildman–Crippen MR) is 117 cm³/mol. The molecule has 2 aromatic heterocycles. The Morgan fingerprint density at radius 2 is 1.93 bits per heavy atom. The van der Waals surface area contributed by atoms with Crippen LogP contribution in [0, 0.1) is 5.82 Å². The molecule has 3 N–H and O–H groups in total. The van der Waals surface area contributed by atoms with Crippen LogP contribution in [0.3, 0.4) is 0 Å². The number of nitrogens with one attached hydrogen (secondary N) is 3. The lowest BCUT2D eigenvalue weighted by Gasteiger charge is -2.16. The molecule has 6 nitrogen and oxygen atoms in total. The molecule has 0 saturated heterocycles. The van der Waals surface area contributed by atoms with Crippen LogP contribution in [0.2, 0.25) is 5.02 Å². The largest absolute Gasteiger partial charge is 0.348 e. The summed E-state index contributed by atoms with van der Waals surface area (Å²) in [4.78, 5) is 9.28. The number of aromatic nitrogens is 4.